The Morgan fingerprint density at radius 2 is 2.16 bits per heavy atom. The van der Waals surface area contributed by atoms with Crippen LogP contribution in [0, 0.1) is 0 Å². The Balaban J connectivity index is 2.37. The monoisotopic (exact) mass is 287 g/mol. The fourth-order valence-corrected chi connectivity index (χ4v) is 1.63. The van der Waals surface area contributed by atoms with Gasteiger partial charge in [-0.25, -0.2) is 10.3 Å². The van der Waals surface area contributed by atoms with Crippen LogP contribution in [0.5, 0.6) is 5.75 Å². The predicted octanol–water partition coefficient (Wildman–Crippen LogP) is 1.41. The van der Waals surface area contributed by atoms with Gasteiger partial charge < -0.3 is 9.84 Å². The van der Waals surface area contributed by atoms with E-state index in [2.05, 4.69) is 4.84 Å². The Hall–Kier alpha value is -1.79. The number of ether oxygens (including phenoxy) is 1. The van der Waals surface area contributed by atoms with Gasteiger partial charge in [-0.2, -0.15) is 0 Å². The third kappa shape index (κ3) is 5.58. The lowest BCUT2D eigenvalue weighted by Crippen LogP contribution is -2.26. The summed E-state index contributed by atoms with van der Waals surface area (Å²) in [6.45, 7) is -0.569. The second kappa shape index (κ2) is 7.60. The number of hydrogen-bond donors (Lipinski definition) is 2. The third-order valence-electron chi connectivity index (χ3n) is 2.24. The molecule has 0 aliphatic heterocycles. The lowest BCUT2D eigenvalue weighted by atomic mass is 10.1. The van der Waals surface area contributed by atoms with Gasteiger partial charge in [0.1, 0.15) is 5.75 Å². The Kier molecular flexibility index (Phi) is 6.11. The molecule has 19 heavy (non-hydrogen) atoms. The van der Waals surface area contributed by atoms with Crippen LogP contribution in [0.15, 0.2) is 18.2 Å². The normalized spacial score (nSPS) is 10.0. The number of halogens is 1. The number of carboxylic acids is 1. The van der Waals surface area contributed by atoms with E-state index in [1.807, 2.05) is 5.48 Å². The summed E-state index contributed by atoms with van der Waals surface area (Å²) in [5.74, 6) is -0.977. The molecule has 0 radical (unpaired) electrons. The number of nitrogens with one attached hydrogen (secondary N) is 1. The first-order chi connectivity index (χ1) is 9.02. The fraction of sp³-hybridized carbons (Fsp3) is 0.333. The van der Waals surface area contributed by atoms with Crippen molar-refractivity contribution in [2.45, 2.75) is 12.8 Å². The molecular formula is C12H14ClNO5. The lowest BCUT2D eigenvalue weighted by molar-refractivity contribution is -0.149. The topological polar surface area (TPSA) is 84.9 Å². The maximum Gasteiger partial charge on any atom is 0.332 e. The molecule has 0 heterocycles. The van der Waals surface area contributed by atoms with Gasteiger partial charge in [-0.1, -0.05) is 17.7 Å². The van der Waals surface area contributed by atoms with E-state index in [1.54, 1.807) is 18.2 Å². The molecule has 7 heteroatoms. The number of amides is 1. The van der Waals surface area contributed by atoms with E-state index >= 15 is 0 Å². The first-order valence-corrected chi connectivity index (χ1v) is 5.85. The number of aliphatic carboxylic acids is 1. The largest absolute Gasteiger partial charge is 0.495 e. The quantitative estimate of drug-likeness (QED) is 0.741. The van der Waals surface area contributed by atoms with Crippen molar-refractivity contribution >= 4 is 23.5 Å². The molecule has 0 unspecified atom stereocenters. The molecule has 0 aliphatic carbocycles. The maximum atomic E-state index is 11.3. The lowest BCUT2D eigenvalue weighted by Gasteiger charge is -2.06. The summed E-state index contributed by atoms with van der Waals surface area (Å²) in [7, 11) is 1.52. The molecule has 0 spiro atoms. The highest BCUT2D eigenvalue weighted by Gasteiger charge is 2.06. The Bertz CT molecular complexity index is 463. The number of carbonyl (C=O) groups is 2. The molecule has 1 amide bonds. The van der Waals surface area contributed by atoms with Crippen LogP contribution in [0.4, 0.5) is 0 Å². The van der Waals surface area contributed by atoms with Crippen molar-refractivity contribution in [1.29, 1.82) is 0 Å². The zero-order valence-corrected chi connectivity index (χ0v) is 11.1. The van der Waals surface area contributed by atoms with Crippen LogP contribution < -0.4 is 10.2 Å². The number of hydroxylamine groups is 1. The molecule has 2 N–H and O–H groups in total. The van der Waals surface area contributed by atoms with Crippen LogP contribution in [0.3, 0.4) is 0 Å². The van der Waals surface area contributed by atoms with E-state index < -0.39 is 18.5 Å². The van der Waals surface area contributed by atoms with Gasteiger partial charge in [0.05, 0.1) is 12.1 Å². The number of aryl methyl sites for hydroxylation is 1. The van der Waals surface area contributed by atoms with Crippen molar-refractivity contribution in [3.05, 3.63) is 28.8 Å². The van der Waals surface area contributed by atoms with Crippen LogP contribution in [0.2, 0.25) is 5.02 Å². The van der Waals surface area contributed by atoms with Gasteiger partial charge in [-0.05, 0) is 24.1 Å². The smallest absolute Gasteiger partial charge is 0.332 e. The van der Waals surface area contributed by atoms with Crippen LogP contribution in [0.25, 0.3) is 0 Å². The average molecular weight is 288 g/mol. The molecule has 0 saturated carbocycles. The molecule has 104 valence electrons. The van der Waals surface area contributed by atoms with Crippen molar-refractivity contribution in [3.8, 4) is 5.75 Å². The Morgan fingerprint density at radius 3 is 2.74 bits per heavy atom. The predicted molar refractivity (Wildman–Crippen MR) is 68.1 cm³/mol. The number of carboxylic acid groups (broad SMARTS) is 1. The van der Waals surface area contributed by atoms with E-state index in [0.29, 0.717) is 17.2 Å². The molecule has 0 bridgehead atoms. The highest BCUT2D eigenvalue weighted by Crippen LogP contribution is 2.25. The summed E-state index contributed by atoms with van der Waals surface area (Å²) < 4.78 is 5.01. The second-order valence-electron chi connectivity index (χ2n) is 3.68. The van der Waals surface area contributed by atoms with Gasteiger partial charge in [0, 0.05) is 6.42 Å². The summed E-state index contributed by atoms with van der Waals surface area (Å²) in [4.78, 5) is 25.9. The van der Waals surface area contributed by atoms with Crippen LogP contribution in [0.1, 0.15) is 12.0 Å². The first kappa shape index (κ1) is 15.3. The van der Waals surface area contributed by atoms with Crippen molar-refractivity contribution < 1.29 is 24.3 Å². The van der Waals surface area contributed by atoms with Crippen molar-refractivity contribution in [2.75, 3.05) is 13.7 Å². The highest BCUT2D eigenvalue weighted by atomic mass is 35.5. The van der Waals surface area contributed by atoms with Crippen molar-refractivity contribution in [1.82, 2.24) is 5.48 Å². The molecule has 1 aromatic rings. The van der Waals surface area contributed by atoms with Crippen LogP contribution >= 0.6 is 11.6 Å². The highest BCUT2D eigenvalue weighted by molar-refractivity contribution is 6.32. The zero-order valence-electron chi connectivity index (χ0n) is 10.3. The summed E-state index contributed by atoms with van der Waals surface area (Å²) in [5.41, 5.74) is 2.92. The number of benzene rings is 1. The number of methoxy groups -OCH3 is 1. The van der Waals surface area contributed by atoms with E-state index in [4.69, 9.17) is 21.4 Å². The van der Waals surface area contributed by atoms with Gasteiger partial charge in [-0.3, -0.25) is 9.63 Å². The van der Waals surface area contributed by atoms with Gasteiger partial charge >= 0.3 is 5.97 Å². The van der Waals surface area contributed by atoms with Gasteiger partial charge in [0.25, 0.3) is 0 Å². The molecule has 0 saturated heterocycles. The molecule has 6 nitrogen and oxygen atoms in total. The maximum absolute atomic E-state index is 11.3. The fourth-order valence-electron chi connectivity index (χ4n) is 1.35. The summed E-state index contributed by atoms with van der Waals surface area (Å²) >= 11 is 5.95. The minimum Gasteiger partial charge on any atom is -0.495 e. The summed E-state index contributed by atoms with van der Waals surface area (Å²) in [6, 6.07) is 5.23. The zero-order chi connectivity index (χ0) is 14.3. The number of rotatable bonds is 7. The van der Waals surface area contributed by atoms with E-state index in [1.165, 1.54) is 7.11 Å². The number of hydrogen-bond acceptors (Lipinski definition) is 4. The van der Waals surface area contributed by atoms with E-state index in [0.717, 1.165) is 5.56 Å². The van der Waals surface area contributed by atoms with Gasteiger partial charge in [-0.15, -0.1) is 0 Å². The minimum atomic E-state index is -1.15. The molecular weight excluding hydrogens is 274 g/mol. The van der Waals surface area contributed by atoms with Crippen molar-refractivity contribution in [3.63, 3.8) is 0 Å². The summed E-state index contributed by atoms with van der Waals surface area (Å²) in [5, 5.41) is 8.79. The van der Waals surface area contributed by atoms with E-state index in [-0.39, 0.29) is 6.42 Å². The Morgan fingerprint density at radius 1 is 1.42 bits per heavy atom. The Labute approximate surface area is 115 Å². The summed E-state index contributed by atoms with van der Waals surface area (Å²) in [6.07, 6.45) is 0.633. The standard InChI is InChI=1S/C12H14ClNO5/c1-18-10-4-2-8(6-9(10)13)3-5-11(15)14-19-7-12(16)17/h2,4,6H,3,5,7H2,1H3,(H,14,15)(H,16,17). The molecule has 1 aromatic carbocycles. The molecule has 0 aliphatic rings. The van der Waals surface area contributed by atoms with Gasteiger partial charge in [0.2, 0.25) is 5.91 Å². The van der Waals surface area contributed by atoms with E-state index in [9.17, 15) is 9.59 Å². The molecule has 1 rings (SSSR count). The van der Waals surface area contributed by atoms with Crippen LogP contribution in [-0.4, -0.2) is 30.7 Å². The molecule has 0 atom stereocenters. The number of carbonyl (C=O) groups excluding carboxylic acids is 1. The third-order valence-corrected chi connectivity index (χ3v) is 2.53. The van der Waals surface area contributed by atoms with Gasteiger partial charge in [0.15, 0.2) is 6.61 Å². The van der Waals surface area contributed by atoms with Crippen molar-refractivity contribution in [2.24, 2.45) is 0 Å². The first-order valence-electron chi connectivity index (χ1n) is 5.47. The minimum absolute atomic E-state index is 0.169. The molecule has 0 fully saturated rings. The molecule has 0 aromatic heterocycles. The SMILES string of the molecule is COc1ccc(CCC(=O)NOCC(=O)O)cc1Cl. The van der Waals surface area contributed by atoms with Crippen LogP contribution in [-0.2, 0) is 20.8 Å². The second-order valence-corrected chi connectivity index (χ2v) is 4.08. The average Bonchev–Trinajstić information content (AvgIpc) is 2.36.